The fourth-order valence-corrected chi connectivity index (χ4v) is 14.4. The van der Waals surface area contributed by atoms with Crippen LogP contribution in [0.1, 0.15) is 155 Å². The average molecular weight is 1420 g/mol. The molecule has 0 radical (unpaired) electrons. The molecule has 6 rings (SSSR count). The molecule has 100 heavy (non-hydrogen) atoms. The van der Waals surface area contributed by atoms with Crippen LogP contribution in [0.15, 0.2) is 42.5 Å². The quantitative estimate of drug-likeness (QED) is 0.226. The number of alkyl halides is 3. The topological polar surface area (TPSA) is 270 Å². The minimum atomic E-state index is -4.77. The predicted molar refractivity (Wildman–Crippen MR) is 370 cm³/mol. The van der Waals surface area contributed by atoms with Gasteiger partial charge in [-0.1, -0.05) is 115 Å². The summed E-state index contributed by atoms with van der Waals surface area (Å²) in [5.41, 5.74) is -0.823. The number of carbonyl (C=O) groups excluding carboxylic acids is 12. The van der Waals surface area contributed by atoms with E-state index in [4.69, 9.17) is 11.6 Å². The van der Waals surface area contributed by atoms with E-state index < -0.39 is 172 Å². The van der Waals surface area contributed by atoms with Gasteiger partial charge in [0.2, 0.25) is 70.9 Å². The van der Waals surface area contributed by atoms with E-state index in [9.17, 15) is 41.9 Å². The lowest BCUT2D eigenvalue weighted by Gasteiger charge is -2.45. The van der Waals surface area contributed by atoms with Crippen LogP contribution >= 0.6 is 11.6 Å². The van der Waals surface area contributed by atoms with E-state index in [0.29, 0.717) is 37.7 Å². The van der Waals surface area contributed by atoms with Crippen LogP contribution in [0.2, 0.25) is 5.02 Å². The highest BCUT2D eigenvalue weighted by atomic mass is 35.5. The van der Waals surface area contributed by atoms with Crippen molar-refractivity contribution >= 4 is 82.5 Å². The van der Waals surface area contributed by atoms with E-state index in [2.05, 4.69) is 16.0 Å². The Hall–Kier alpha value is -7.84. The van der Waals surface area contributed by atoms with Crippen molar-refractivity contribution in [1.29, 1.82) is 0 Å². The Morgan fingerprint density at radius 3 is 1.84 bits per heavy atom. The van der Waals surface area contributed by atoms with Crippen LogP contribution in [0.4, 0.5) is 13.2 Å². The summed E-state index contributed by atoms with van der Waals surface area (Å²) in [6.45, 7) is 15.3. The lowest BCUT2D eigenvalue weighted by atomic mass is 9.90. The molecule has 0 aromatic heterocycles. The van der Waals surface area contributed by atoms with Gasteiger partial charge >= 0.3 is 6.18 Å². The van der Waals surface area contributed by atoms with Crippen molar-refractivity contribution in [2.45, 2.75) is 218 Å². The number of amides is 12. The van der Waals surface area contributed by atoms with Gasteiger partial charge in [0.1, 0.15) is 59.9 Å². The van der Waals surface area contributed by atoms with Crippen molar-refractivity contribution in [2.75, 3.05) is 75.5 Å². The summed E-state index contributed by atoms with van der Waals surface area (Å²) in [6, 6.07) is -0.977. The highest BCUT2D eigenvalue weighted by molar-refractivity contribution is 6.31. The summed E-state index contributed by atoms with van der Waals surface area (Å²) in [4.78, 5) is 191. The second-order valence-electron chi connectivity index (χ2n) is 28.6. The van der Waals surface area contributed by atoms with E-state index >= 15 is 28.8 Å². The second-order valence-corrected chi connectivity index (χ2v) is 29.0. The molecule has 1 aliphatic carbocycles. The third-order valence-corrected chi connectivity index (χ3v) is 21.3. The van der Waals surface area contributed by atoms with Gasteiger partial charge in [0.05, 0.1) is 23.6 Å². The molecule has 0 unspecified atom stereocenters. The maximum atomic E-state index is 15.4. The molecule has 3 N–H and O–H groups in total. The van der Waals surface area contributed by atoms with Crippen LogP contribution < -0.4 is 16.0 Å². The van der Waals surface area contributed by atoms with Crippen molar-refractivity contribution in [1.82, 2.24) is 60.0 Å². The van der Waals surface area contributed by atoms with Gasteiger partial charge in [-0.2, -0.15) is 13.2 Å². The molecule has 4 aliphatic rings. The third-order valence-electron chi connectivity index (χ3n) is 20.9. The van der Waals surface area contributed by atoms with E-state index in [1.807, 2.05) is 46.8 Å². The number of carbonyl (C=O) groups is 12. The average Bonchev–Trinajstić information content (AvgIpc) is 1.21. The minimum absolute atomic E-state index is 0.0142. The van der Waals surface area contributed by atoms with Crippen molar-refractivity contribution in [3.05, 3.63) is 69.7 Å². The maximum Gasteiger partial charge on any atom is 0.417 e. The zero-order valence-electron chi connectivity index (χ0n) is 61.1. The third kappa shape index (κ3) is 18.8. The highest BCUT2D eigenvalue weighted by Crippen LogP contribution is 2.37. The summed E-state index contributed by atoms with van der Waals surface area (Å²) < 4.78 is 41.6. The Bertz CT molecular complexity index is 3330. The van der Waals surface area contributed by atoms with E-state index in [1.54, 1.807) is 32.9 Å². The Morgan fingerprint density at radius 1 is 0.680 bits per heavy atom. The molecule has 4 fully saturated rings. The molecule has 3 saturated heterocycles. The van der Waals surface area contributed by atoms with Crippen molar-refractivity contribution in [3.63, 3.8) is 0 Å². The van der Waals surface area contributed by atoms with Gasteiger partial charge in [0.25, 0.3) is 0 Å². The van der Waals surface area contributed by atoms with Gasteiger partial charge in [-0.25, -0.2) is 0 Å². The zero-order valence-corrected chi connectivity index (χ0v) is 61.9. The van der Waals surface area contributed by atoms with E-state index in [0.717, 1.165) is 27.5 Å². The van der Waals surface area contributed by atoms with Gasteiger partial charge in [-0.05, 0) is 113 Å². The number of hydrogen-bond donors (Lipinski definition) is 3. The molecule has 2 aromatic carbocycles. The molecule has 3 aliphatic heterocycles. The molecule has 12 amide bonds. The van der Waals surface area contributed by atoms with Crippen molar-refractivity contribution in [3.8, 4) is 0 Å². The monoisotopic (exact) mass is 1420 g/mol. The fraction of sp³-hybridized carbons (Fsp3) is 0.667. The van der Waals surface area contributed by atoms with Crippen LogP contribution in [0.3, 0.4) is 0 Å². The molecule has 554 valence electrons. The number of rotatable bonds is 13. The number of benzene rings is 2. The van der Waals surface area contributed by atoms with E-state index in [-0.39, 0.29) is 82.5 Å². The Kier molecular flexibility index (Phi) is 28.1. The lowest BCUT2D eigenvalue weighted by Crippen LogP contribution is -2.65. The second kappa shape index (κ2) is 34.7. The Balaban J connectivity index is 1.46. The number of aryl methyl sites for hydroxylation is 2. The van der Waals surface area contributed by atoms with E-state index in [1.165, 1.54) is 96.6 Å². The molecule has 0 bridgehead atoms. The minimum Gasteiger partial charge on any atom is -0.347 e. The van der Waals surface area contributed by atoms with Gasteiger partial charge in [0, 0.05) is 75.4 Å². The normalized spacial score (nSPS) is 26.0. The molecule has 2 aromatic rings. The van der Waals surface area contributed by atoms with Crippen molar-refractivity contribution < 1.29 is 70.7 Å². The van der Waals surface area contributed by atoms with Crippen LogP contribution in [-0.2, 0) is 76.6 Å². The Morgan fingerprint density at radius 2 is 1.29 bits per heavy atom. The first-order valence-corrected chi connectivity index (χ1v) is 35.5. The predicted octanol–water partition coefficient (Wildman–Crippen LogP) is 5.47. The summed E-state index contributed by atoms with van der Waals surface area (Å²) in [6.07, 6.45) is -3.01. The molecule has 28 heteroatoms. The van der Waals surface area contributed by atoms with Gasteiger partial charge in [0.15, 0.2) is 0 Å². The first-order chi connectivity index (χ1) is 46.9. The molecule has 1 spiro atoms. The van der Waals surface area contributed by atoms with Crippen LogP contribution in [0, 0.1) is 24.7 Å². The summed E-state index contributed by atoms with van der Waals surface area (Å²) in [7, 11) is 9.90. The van der Waals surface area contributed by atoms with Gasteiger partial charge in [-0.15, -0.1) is 0 Å². The number of hydrogen-bond acceptors (Lipinski definition) is 12. The number of nitrogens with zero attached hydrogens (tertiary/aromatic N) is 9. The maximum absolute atomic E-state index is 15.4. The first kappa shape index (κ1) is 81.1. The molecular weight excluding hydrogens is 1320 g/mol. The van der Waals surface area contributed by atoms with Crippen LogP contribution in [0.25, 0.3) is 0 Å². The molecule has 24 nitrogen and oxygen atoms in total. The first-order valence-electron chi connectivity index (χ1n) is 35.1. The highest BCUT2D eigenvalue weighted by Gasteiger charge is 2.51. The summed E-state index contributed by atoms with van der Waals surface area (Å²) in [5.74, 6) is -9.41. The molecule has 11 atom stereocenters. The standard InChI is InChI=1S/C72H106ClF3N12O12/c1-17-44(7)59-68(98)82(13)46(9)63(93)88-36-32-53(88)67(97)86(19-3)56(39-48-26-24-43(6)25-27-48)66(96)81(12)41-57(89)77-51(31-29-47-28-30-49(50(73)38-47)72(74,75)76)64(94)87-35-22-23-52(87)62(92)79-71(33-20-21-34-71)70(100)85(16)60(45(8)18-2)69(99)84(15)55(65(95)80(10)11)40-58(90)83(14)54(37-42(4)5)61(91)78-59/h24-28,30,38,42,44-46,51-56,59-60H,17-23,29,31-37,39-41H2,1-16H3,(H,77,89)(H,78,91)(H,79,92)/t44-,45-,46-,51-,52-,53-,54-,55-,56-,59-,60-/m0/s1. The largest absolute Gasteiger partial charge is 0.417 e. The number of halogens is 4. The number of fused-ring (bicyclic) bond motifs is 2. The lowest BCUT2D eigenvalue weighted by molar-refractivity contribution is -0.161. The smallest absolute Gasteiger partial charge is 0.347 e. The number of nitrogens with one attached hydrogen (secondary N) is 3. The van der Waals surface area contributed by atoms with Crippen LogP contribution in [-0.4, -0.2) is 250 Å². The molecular formula is C72H106ClF3N12O12. The fourth-order valence-electron chi connectivity index (χ4n) is 14.0. The Labute approximate surface area is 592 Å². The summed E-state index contributed by atoms with van der Waals surface area (Å²) in [5, 5.41) is 8.09. The van der Waals surface area contributed by atoms with Crippen molar-refractivity contribution in [2.24, 2.45) is 17.8 Å². The van der Waals surface area contributed by atoms with Gasteiger partial charge < -0.3 is 60.0 Å². The van der Waals surface area contributed by atoms with Crippen LogP contribution in [0.5, 0.6) is 0 Å². The zero-order chi connectivity index (χ0) is 74.7. The molecule has 1 saturated carbocycles. The number of likely N-dealkylation sites (N-methyl/N-ethyl adjacent to an activating group) is 7. The summed E-state index contributed by atoms with van der Waals surface area (Å²) >= 11 is 6.16. The molecule has 3 heterocycles. The van der Waals surface area contributed by atoms with Gasteiger partial charge in [-0.3, -0.25) is 57.5 Å². The SMILES string of the molecule is CC[C@H](C)[C@@H]1NC(=O)[C@H](CC(C)C)N(C)C(=O)C[C@@H](C(=O)N(C)C)N(C)C(=O)[C@H]([C@@H](C)CC)N(C)C(=O)C2(CCCC2)NC(=O)[C@@H]2CCCN2C(=O)[C@H](CCc2ccc(C(F)(F)F)c(Cl)c2)NC(=O)CN(C)C(=O)[C@H](Cc2ccc(C)cc2)N(CC)C(=O)[C@@H]2CCN2C(=O)[C@H](C)N(C)C1=O.